The van der Waals surface area contributed by atoms with Crippen molar-refractivity contribution in [1.82, 2.24) is 0 Å². The third-order valence-electron chi connectivity index (χ3n) is 2.24. The van der Waals surface area contributed by atoms with Gasteiger partial charge in [-0.25, -0.2) is 0 Å². The van der Waals surface area contributed by atoms with Crippen molar-refractivity contribution in [3.8, 4) is 0 Å². The van der Waals surface area contributed by atoms with Gasteiger partial charge in [-0.05, 0) is 24.3 Å². The van der Waals surface area contributed by atoms with Crippen LogP contribution in [-0.2, 0) is 9.53 Å². The van der Waals surface area contributed by atoms with Gasteiger partial charge >= 0.3 is 5.97 Å². The minimum atomic E-state index is -0.282. The maximum Gasteiger partial charge on any atom is 0.311 e. The molecule has 0 bridgehead atoms. The quantitative estimate of drug-likeness (QED) is 0.451. The Morgan fingerprint density at radius 2 is 1.94 bits per heavy atom. The molecule has 0 amide bonds. The molecular weight excluding hydrogens is 228 g/mol. The fourth-order valence-corrected chi connectivity index (χ4v) is 1.54. The molecule has 0 unspecified atom stereocenters. The number of halogens is 1. The Morgan fingerprint density at radius 1 is 1.25 bits per heavy atom. The first-order valence-corrected chi connectivity index (χ1v) is 5.24. The highest BCUT2D eigenvalue weighted by atomic mass is 35.5. The number of cyclic esters (lactones) is 1. The first-order valence-electron chi connectivity index (χ1n) is 4.86. The number of hydrogen-bond acceptors (Lipinski definition) is 3. The highest BCUT2D eigenvalue weighted by molar-refractivity contribution is 6.30. The lowest BCUT2D eigenvalue weighted by atomic mass is 10.1. The van der Waals surface area contributed by atoms with Crippen molar-refractivity contribution in [3.05, 3.63) is 46.7 Å². The number of ketones is 1. The number of benzene rings is 1. The Balaban J connectivity index is 2.14. The topological polar surface area (TPSA) is 43.4 Å². The molecule has 2 rings (SSSR count). The molecule has 4 heteroatoms. The van der Waals surface area contributed by atoms with Crippen LogP contribution < -0.4 is 0 Å². The molecule has 0 atom stereocenters. The third kappa shape index (κ3) is 2.49. The van der Waals surface area contributed by atoms with Crippen LogP contribution in [0.1, 0.15) is 23.2 Å². The van der Waals surface area contributed by atoms with Crippen molar-refractivity contribution in [3.63, 3.8) is 0 Å². The highest BCUT2D eigenvalue weighted by Gasteiger charge is 2.18. The van der Waals surface area contributed by atoms with Gasteiger partial charge in [0.1, 0.15) is 5.76 Å². The fourth-order valence-electron chi connectivity index (χ4n) is 1.42. The van der Waals surface area contributed by atoms with Crippen LogP contribution in [-0.4, -0.2) is 11.8 Å². The van der Waals surface area contributed by atoms with E-state index < -0.39 is 0 Å². The molecule has 82 valence electrons. The minimum absolute atomic E-state index is 0.179. The van der Waals surface area contributed by atoms with Gasteiger partial charge in [0.25, 0.3) is 0 Å². The molecule has 3 nitrogen and oxygen atoms in total. The van der Waals surface area contributed by atoms with Crippen LogP contribution >= 0.6 is 11.6 Å². The van der Waals surface area contributed by atoms with Gasteiger partial charge in [-0.15, -0.1) is 0 Å². The first-order chi connectivity index (χ1) is 7.65. The van der Waals surface area contributed by atoms with Crippen molar-refractivity contribution in [2.45, 2.75) is 12.8 Å². The zero-order valence-electron chi connectivity index (χ0n) is 8.40. The number of rotatable bonds is 2. The third-order valence-corrected chi connectivity index (χ3v) is 2.49. The SMILES string of the molecule is O=C1CC/C(=C\C(=O)c2ccc(Cl)cc2)O1. The summed E-state index contributed by atoms with van der Waals surface area (Å²) in [6.45, 7) is 0. The Hall–Kier alpha value is -1.61. The van der Waals surface area contributed by atoms with Gasteiger partial charge in [-0.2, -0.15) is 0 Å². The van der Waals surface area contributed by atoms with E-state index in [0.29, 0.717) is 29.2 Å². The van der Waals surface area contributed by atoms with Gasteiger partial charge in [-0.3, -0.25) is 9.59 Å². The van der Waals surface area contributed by atoms with Crippen LogP contribution in [0.2, 0.25) is 5.02 Å². The standard InChI is InChI=1S/C12H9ClO3/c13-9-3-1-8(2-4-9)11(14)7-10-5-6-12(15)16-10/h1-4,7H,5-6H2/b10-7+. The predicted molar refractivity (Wildman–Crippen MR) is 59.2 cm³/mol. The fraction of sp³-hybridized carbons (Fsp3) is 0.167. The van der Waals surface area contributed by atoms with Crippen molar-refractivity contribution >= 4 is 23.4 Å². The maximum absolute atomic E-state index is 11.7. The summed E-state index contributed by atoms with van der Waals surface area (Å²) in [4.78, 5) is 22.5. The lowest BCUT2D eigenvalue weighted by Crippen LogP contribution is -1.97. The molecule has 1 aliphatic rings. The molecule has 1 heterocycles. The van der Waals surface area contributed by atoms with Crippen LogP contribution in [0, 0.1) is 0 Å². The van der Waals surface area contributed by atoms with E-state index in [9.17, 15) is 9.59 Å². The monoisotopic (exact) mass is 236 g/mol. The Bertz CT molecular complexity index is 460. The molecule has 1 saturated heterocycles. The van der Waals surface area contributed by atoms with Gasteiger partial charge in [0.2, 0.25) is 0 Å². The van der Waals surface area contributed by atoms with Gasteiger partial charge < -0.3 is 4.74 Å². The van der Waals surface area contributed by atoms with Crippen LogP contribution in [0.4, 0.5) is 0 Å². The number of ether oxygens (including phenoxy) is 1. The van der Waals surface area contributed by atoms with E-state index in [1.54, 1.807) is 24.3 Å². The van der Waals surface area contributed by atoms with E-state index in [-0.39, 0.29) is 11.8 Å². The summed E-state index contributed by atoms with van der Waals surface area (Å²) in [5.74, 6) is -0.0264. The largest absolute Gasteiger partial charge is 0.431 e. The van der Waals surface area contributed by atoms with E-state index in [0.717, 1.165) is 0 Å². The zero-order valence-corrected chi connectivity index (χ0v) is 9.16. The lowest BCUT2D eigenvalue weighted by Gasteiger charge is -1.98. The van der Waals surface area contributed by atoms with E-state index >= 15 is 0 Å². The smallest absolute Gasteiger partial charge is 0.311 e. The van der Waals surface area contributed by atoms with Gasteiger partial charge in [0.15, 0.2) is 5.78 Å². The van der Waals surface area contributed by atoms with Crippen molar-refractivity contribution in [2.75, 3.05) is 0 Å². The molecule has 0 aromatic heterocycles. The van der Waals surface area contributed by atoms with Gasteiger partial charge in [0, 0.05) is 23.1 Å². The van der Waals surface area contributed by atoms with Crippen molar-refractivity contribution < 1.29 is 14.3 Å². The average molecular weight is 237 g/mol. The minimum Gasteiger partial charge on any atom is -0.431 e. The van der Waals surface area contributed by atoms with Crippen LogP contribution in [0.25, 0.3) is 0 Å². The molecule has 1 fully saturated rings. The summed E-state index contributed by atoms with van der Waals surface area (Å²) in [5, 5.41) is 0.580. The molecule has 0 N–H and O–H groups in total. The summed E-state index contributed by atoms with van der Waals surface area (Å²) in [5.41, 5.74) is 0.528. The summed E-state index contributed by atoms with van der Waals surface area (Å²) in [7, 11) is 0. The van der Waals surface area contributed by atoms with Crippen molar-refractivity contribution in [1.29, 1.82) is 0 Å². The molecule has 1 aromatic rings. The summed E-state index contributed by atoms with van der Waals surface area (Å²) in [6.07, 6.45) is 2.20. The van der Waals surface area contributed by atoms with Gasteiger partial charge in [0.05, 0.1) is 6.42 Å². The molecular formula is C12H9ClO3. The van der Waals surface area contributed by atoms with Crippen molar-refractivity contribution in [2.24, 2.45) is 0 Å². The highest BCUT2D eigenvalue weighted by Crippen LogP contribution is 2.18. The summed E-state index contributed by atoms with van der Waals surface area (Å²) >= 11 is 5.71. The molecule has 0 radical (unpaired) electrons. The number of carbonyl (C=O) groups is 2. The lowest BCUT2D eigenvalue weighted by molar-refractivity contribution is -0.135. The second-order valence-corrected chi connectivity index (χ2v) is 3.89. The normalized spacial score (nSPS) is 17.6. The average Bonchev–Trinajstić information content (AvgIpc) is 2.65. The van der Waals surface area contributed by atoms with E-state index in [1.165, 1.54) is 6.08 Å². The molecule has 0 aliphatic carbocycles. The Labute approximate surface area is 97.7 Å². The predicted octanol–water partition coefficient (Wildman–Crippen LogP) is 2.74. The number of carbonyl (C=O) groups excluding carboxylic acids is 2. The first kappa shape index (κ1) is 10.9. The number of allylic oxidation sites excluding steroid dienone is 2. The summed E-state index contributed by atoms with van der Waals surface area (Å²) in [6, 6.07) is 6.57. The Morgan fingerprint density at radius 3 is 2.50 bits per heavy atom. The molecule has 0 saturated carbocycles. The molecule has 1 aromatic carbocycles. The number of esters is 1. The zero-order chi connectivity index (χ0) is 11.5. The second-order valence-electron chi connectivity index (χ2n) is 3.46. The molecule has 1 aliphatic heterocycles. The molecule has 0 spiro atoms. The summed E-state index contributed by atoms with van der Waals surface area (Å²) < 4.78 is 4.85. The molecule has 16 heavy (non-hydrogen) atoms. The van der Waals surface area contributed by atoms with Crippen LogP contribution in [0.3, 0.4) is 0 Å². The van der Waals surface area contributed by atoms with Crippen LogP contribution in [0.15, 0.2) is 36.1 Å². The van der Waals surface area contributed by atoms with E-state index in [4.69, 9.17) is 16.3 Å². The Kier molecular flexibility index (Phi) is 3.06. The van der Waals surface area contributed by atoms with E-state index in [2.05, 4.69) is 0 Å². The van der Waals surface area contributed by atoms with Crippen LogP contribution in [0.5, 0.6) is 0 Å². The van der Waals surface area contributed by atoms with E-state index in [1.807, 2.05) is 0 Å². The maximum atomic E-state index is 11.7. The second kappa shape index (κ2) is 4.49. The number of hydrogen-bond donors (Lipinski definition) is 0. The van der Waals surface area contributed by atoms with Gasteiger partial charge in [-0.1, -0.05) is 11.6 Å².